The lowest BCUT2D eigenvalue weighted by Crippen LogP contribution is -2.48. The Morgan fingerprint density at radius 2 is 1.81 bits per heavy atom. The number of nitrogens with zero attached hydrogens (tertiary/aromatic N) is 2. The van der Waals surface area contributed by atoms with Crippen molar-refractivity contribution < 1.29 is 4.74 Å². The molecular weight excluding hydrogens is 352 g/mol. The highest BCUT2D eigenvalue weighted by Gasteiger charge is 2.52. The van der Waals surface area contributed by atoms with Crippen LogP contribution in [0.3, 0.4) is 0 Å². The summed E-state index contributed by atoms with van der Waals surface area (Å²) in [5.74, 6) is 3.82. The molecule has 3 aromatic rings. The van der Waals surface area contributed by atoms with E-state index < -0.39 is 0 Å². The molecule has 0 N–H and O–H groups in total. The van der Waals surface area contributed by atoms with Crippen molar-refractivity contribution in [2.75, 3.05) is 7.11 Å². The number of imidazole rings is 1. The number of aryl methyl sites for hydroxylation is 1. The summed E-state index contributed by atoms with van der Waals surface area (Å²) in [6.07, 6.45) is 10.9. The molecule has 27 heavy (non-hydrogen) atoms. The minimum absolute atomic E-state index is 0.369. The topological polar surface area (TPSA) is 26.5 Å². The van der Waals surface area contributed by atoms with Gasteiger partial charge in [0.25, 0.3) is 0 Å². The van der Waals surface area contributed by atoms with Gasteiger partial charge in [-0.1, -0.05) is 0 Å². The van der Waals surface area contributed by atoms with Crippen molar-refractivity contribution in [3.8, 4) is 17.0 Å². The fourth-order valence-electron chi connectivity index (χ4n) is 6.71. The minimum Gasteiger partial charge on any atom is -0.496 e. The van der Waals surface area contributed by atoms with Crippen molar-refractivity contribution in [3.05, 3.63) is 41.0 Å². The molecule has 0 amide bonds. The highest BCUT2D eigenvalue weighted by molar-refractivity contribution is 7.15. The molecule has 3 nitrogen and oxygen atoms in total. The van der Waals surface area contributed by atoms with E-state index in [9.17, 15) is 0 Å². The number of hydrogen-bond donors (Lipinski definition) is 0. The molecule has 7 rings (SSSR count). The van der Waals surface area contributed by atoms with Crippen LogP contribution >= 0.6 is 11.3 Å². The van der Waals surface area contributed by atoms with Crippen LogP contribution in [0.5, 0.6) is 5.75 Å². The van der Waals surface area contributed by atoms with Crippen LogP contribution in [-0.2, 0) is 5.41 Å². The Balaban J connectivity index is 1.42. The number of methoxy groups -OCH3 is 1. The van der Waals surface area contributed by atoms with Gasteiger partial charge in [-0.2, -0.15) is 0 Å². The second-order valence-corrected chi connectivity index (χ2v) is 10.1. The van der Waals surface area contributed by atoms with E-state index in [2.05, 4.69) is 41.1 Å². The van der Waals surface area contributed by atoms with Crippen molar-refractivity contribution in [2.45, 2.75) is 50.9 Å². The SMILES string of the molecule is COc1ccc(-c2csc3nc(C45CC6CC(CC(C6)C4)C5)cn23)cc1C. The van der Waals surface area contributed by atoms with Crippen molar-refractivity contribution in [2.24, 2.45) is 17.8 Å². The summed E-state index contributed by atoms with van der Waals surface area (Å²) in [5.41, 5.74) is 5.42. The van der Waals surface area contributed by atoms with Gasteiger partial charge in [-0.15, -0.1) is 11.3 Å². The Hall–Kier alpha value is -1.81. The Morgan fingerprint density at radius 3 is 2.44 bits per heavy atom. The quantitative estimate of drug-likeness (QED) is 0.572. The maximum absolute atomic E-state index is 5.43. The molecule has 4 aliphatic carbocycles. The number of ether oxygens (including phenoxy) is 1. The van der Waals surface area contributed by atoms with Gasteiger partial charge in [-0.3, -0.25) is 4.40 Å². The smallest absolute Gasteiger partial charge is 0.194 e. The van der Waals surface area contributed by atoms with Crippen LogP contribution in [0, 0.1) is 24.7 Å². The lowest BCUT2D eigenvalue weighted by molar-refractivity contribution is -0.00696. The van der Waals surface area contributed by atoms with Gasteiger partial charge in [-0.25, -0.2) is 4.98 Å². The first kappa shape index (κ1) is 16.2. The second kappa shape index (κ2) is 5.60. The van der Waals surface area contributed by atoms with Crippen LogP contribution in [0.4, 0.5) is 0 Å². The molecule has 0 radical (unpaired) electrons. The Kier molecular flexibility index (Phi) is 3.36. The van der Waals surface area contributed by atoms with E-state index in [0.717, 1.165) is 28.5 Å². The monoisotopic (exact) mass is 378 g/mol. The van der Waals surface area contributed by atoms with Gasteiger partial charge < -0.3 is 4.74 Å². The van der Waals surface area contributed by atoms with E-state index in [1.807, 2.05) is 0 Å². The third-order valence-electron chi connectivity index (χ3n) is 7.48. The molecule has 0 aliphatic heterocycles. The Bertz CT molecular complexity index is 995. The van der Waals surface area contributed by atoms with Gasteiger partial charge in [0.2, 0.25) is 0 Å². The molecule has 4 bridgehead atoms. The number of hydrogen-bond acceptors (Lipinski definition) is 3. The van der Waals surface area contributed by atoms with Gasteiger partial charge in [0, 0.05) is 17.0 Å². The molecule has 2 heterocycles. The zero-order valence-electron chi connectivity index (χ0n) is 16.1. The highest BCUT2D eigenvalue weighted by Crippen LogP contribution is 2.60. The van der Waals surface area contributed by atoms with E-state index in [4.69, 9.17) is 9.72 Å². The summed E-state index contributed by atoms with van der Waals surface area (Å²) in [7, 11) is 1.73. The fourth-order valence-corrected chi connectivity index (χ4v) is 7.59. The number of aromatic nitrogens is 2. The third kappa shape index (κ3) is 2.35. The van der Waals surface area contributed by atoms with Gasteiger partial charge >= 0.3 is 0 Å². The van der Waals surface area contributed by atoms with E-state index in [0.29, 0.717) is 5.41 Å². The normalized spacial score (nSPS) is 31.7. The molecule has 2 aromatic heterocycles. The first-order chi connectivity index (χ1) is 13.1. The average molecular weight is 379 g/mol. The van der Waals surface area contributed by atoms with Crippen molar-refractivity contribution in [3.63, 3.8) is 0 Å². The van der Waals surface area contributed by atoms with Crippen LogP contribution in [0.1, 0.15) is 49.8 Å². The fraction of sp³-hybridized carbons (Fsp3) is 0.522. The summed E-state index contributed by atoms with van der Waals surface area (Å²) < 4.78 is 7.76. The Morgan fingerprint density at radius 1 is 1.11 bits per heavy atom. The summed E-state index contributed by atoms with van der Waals surface area (Å²) >= 11 is 1.77. The van der Waals surface area contributed by atoms with E-state index in [-0.39, 0.29) is 0 Å². The van der Waals surface area contributed by atoms with Crippen LogP contribution < -0.4 is 4.74 Å². The molecule has 0 unspecified atom stereocenters. The van der Waals surface area contributed by atoms with Gasteiger partial charge in [-0.05, 0) is 92.5 Å². The molecule has 4 fully saturated rings. The summed E-state index contributed by atoms with van der Waals surface area (Å²) in [6.45, 7) is 2.11. The highest BCUT2D eigenvalue weighted by atomic mass is 32.1. The maximum atomic E-state index is 5.43. The zero-order chi connectivity index (χ0) is 18.2. The number of fused-ring (bicyclic) bond motifs is 1. The predicted octanol–water partition coefficient (Wildman–Crippen LogP) is 5.85. The van der Waals surface area contributed by atoms with Crippen LogP contribution in [0.25, 0.3) is 16.2 Å². The standard InChI is InChI=1S/C23H26N2OS/c1-14-5-18(3-4-20(14)26-2)19-13-27-22-24-21(12-25(19)22)23-9-15-6-16(10-23)8-17(7-15)11-23/h3-5,12-13,15-17H,6-11H2,1-2H3. The number of rotatable bonds is 3. The van der Waals surface area contributed by atoms with E-state index >= 15 is 0 Å². The van der Waals surface area contributed by atoms with Crippen LogP contribution in [-0.4, -0.2) is 16.5 Å². The lowest BCUT2D eigenvalue weighted by atomic mass is 9.49. The molecule has 4 heteroatoms. The largest absolute Gasteiger partial charge is 0.496 e. The molecule has 0 atom stereocenters. The number of benzene rings is 1. The molecular formula is C23H26N2OS. The molecule has 0 saturated heterocycles. The summed E-state index contributed by atoms with van der Waals surface area (Å²) in [6, 6.07) is 6.47. The maximum Gasteiger partial charge on any atom is 0.194 e. The molecule has 1 aromatic carbocycles. The van der Waals surface area contributed by atoms with Gasteiger partial charge in [0.05, 0.1) is 18.5 Å². The predicted molar refractivity (Wildman–Crippen MR) is 110 cm³/mol. The van der Waals surface area contributed by atoms with E-state index in [1.165, 1.54) is 61.0 Å². The second-order valence-electron chi connectivity index (χ2n) is 9.28. The zero-order valence-corrected chi connectivity index (χ0v) is 16.9. The van der Waals surface area contributed by atoms with Crippen molar-refractivity contribution in [1.29, 1.82) is 0 Å². The molecule has 0 spiro atoms. The number of thiazole rings is 1. The minimum atomic E-state index is 0.369. The first-order valence-electron chi connectivity index (χ1n) is 10.3. The molecule has 4 aliphatic rings. The average Bonchev–Trinajstić information content (AvgIpc) is 3.21. The van der Waals surface area contributed by atoms with Crippen molar-refractivity contribution >= 4 is 16.3 Å². The first-order valence-corrected chi connectivity index (χ1v) is 11.1. The molecule has 140 valence electrons. The lowest BCUT2D eigenvalue weighted by Gasteiger charge is -2.56. The summed E-state index contributed by atoms with van der Waals surface area (Å²) in [5, 5.41) is 2.24. The third-order valence-corrected chi connectivity index (χ3v) is 8.32. The van der Waals surface area contributed by atoms with Gasteiger partial charge in [0.1, 0.15) is 5.75 Å². The van der Waals surface area contributed by atoms with Crippen molar-refractivity contribution in [1.82, 2.24) is 9.38 Å². The molecule has 4 saturated carbocycles. The van der Waals surface area contributed by atoms with E-state index in [1.54, 1.807) is 18.4 Å². The van der Waals surface area contributed by atoms with Crippen LogP contribution in [0.15, 0.2) is 29.8 Å². The van der Waals surface area contributed by atoms with Gasteiger partial charge in [0.15, 0.2) is 4.96 Å². The Labute approximate surface area is 164 Å². The van der Waals surface area contributed by atoms with Crippen LogP contribution in [0.2, 0.25) is 0 Å². The summed E-state index contributed by atoms with van der Waals surface area (Å²) in [4.78, 5) is 6.30.